The van der Waals surface area contributed by atoms with E-state index < -0.39 is 0 Å². The first-order chi connectivity index (χ1) is 8.81. The highest BCUT2D eigenvalue weighted by Crippen LogP contribution is 2.29. The maximum Gasteiger partial charge on any atom is 0.165 e. The Hall–Kier alpha value is -2.43. The van der Waals surface area contributed by atoms with E-state index in [0.717, 1.165) is 9.99 Å². The molecule has 0 bridgehead atoms. The van der Waals surface area contributed by atoms with Gasteiger partial charge in [-0.2, -0.15) is 10.5 Å². The molecule has 0 spiro atoms. The van der Waals surface area contributed by atoms with Gasteiger partial charge >= 0.3 is 0 Å². The minimum absolute atomic E-state index is 0.0283. The van der Waals surface area contributed by atoms with E-state index >= 15 is 0 Å². The van der Waals surface area contributed by atoms with Gasteiger partial charge < -0.3 is 4.42 Å². The average molecular weight is 252 g/mol. The second-order valence-electron chi connectivity index (χ2n) is 3.35. The Morgan fingerprint density at radius 3 is 2.44 bits per heavy atom. The van der Waals surface area contributed by atoms with E-state index in [1.54, 1.807) is 18.2 Å². The average Bonchev–Trinajstić information content (AvgIpc) is 2.84. The summed E-state index contributed by atoms with van der Waals surface area (Å²) in [5, 5.41) is 18.0. The molecular formula is C14H8N2OS. The second-order valence-corrected chi connectivity index (χ2v) is 4.43. The van der Waals surface area contributed by atoms with Crippen LogP contribution in [-0.4, -0.2) is 0 Å². The normalized spacial score (nSPS) is 9.22. The van der Waals surface area contributed by atoms with Gasteiger partial charge in [-0.25, -0.2) is 0 Å². The fraction of sp³-hybridized carbons (Fsp3) is 0. The highest BCUT2D eigenvalue weighted by atomic mass is 32.2. The van der Waals surface area contributed by atoms with Crippen molar-refractivity contribution in [1.29, 1.82) is 10.5 Å². The van der Waals surface area contributed by atoms with Gasteiger partial charge in [0.2, 0.25) is 0 Å². The molecule has 0 radical (unpaired) electrons. The first-order valence-corrected chi connectivity index (χ1v) is 5.98. The molecule has 0 N–H and O–H groups in total. The SMILES string of the molecule is N#CC(C#N)=Cc1ccc(Sc2ccccc2)o1. The van der Waals surface area contributed by atoms with Gasteiger partial charge in [-0.3, -0.25) is 0 Å². The molecule has 0 aliphatic rings. The summed E-state index contributed by atoms with van der Waals surface area (Å²) >= 11 is 1.49. The van der Waals surface area contributed by atoms with Gasteiger partial charge in [-0.1, -0.05) is 30.0 Å². The molecule has 1 aromatic carbocycles. The van der Waals surface area contributed by atoms with Crippen LogP contribution in [0.25, 0.3) is 6.08 Å². The third-order valence-corrected chi connectivity index (χ3v) is 3.02. The van der Waals surface area contributed by atoms with Crippen LogP contribution in [0.1, 0.15) is 5.76 Å². The van der Waals surface area contributed by atoms with E-state index in [1.807, 2.05) is 36.4 Å². The fourth-order valence-corrected chi connectivity index (χ4v) is 2.10. The molecule has 0 fully saturated rings. The van der Waals surface area contributed by atoms with Crippen molar-refractivity contribution in [3.8, 4) is 12.1 Å². The first kappa shape index (κ1) is 12.0. The lowest BCUT2D eigenvalue weighted by Gasteiger charge is -1.95. The van der Waals surface area contributed by atoms with Crippen LogP contribution in [0.2, 0.25) is 0 Å². The highest BCUT2D eigenvalue weighted by Gasteiger charge is 2.03. The van der Waals surface area contributed by atoms with Crippen molar-refractivity contribution < 1.29 is 4.42 Å². The van der Waals surface area contributed by atoms with Crippen molar-refractivity contribution in [2.24, 2.45) is 0 Å². The third-order valence-electron chi connectivity index (χ3n) is 2.09. The summed E-state index contributed by atoms with van der Waals surface area (Å²) in [6, 6.07) is 17.0. The molecule has 0 aliphatic heterocycles. The molecule has 86 valence electrons. The number of allylic oxidation sites excluding steroid dienone is 1. The van der Waals surface area contributed by atoms with Gasteiger partial charge in [0.25, 0.3) is 0 Å². The molecule has 2 rings (SSSR count). The monoisotopic (exact) mass is 252 g/mol. The van der Waals surface area contributed by atoms with Gasteiger partial charge in [0.15, 0.2) is 5.09 Å². The number of furan rings is 1. The van der Waals surface area contributed by atoms with E-state index in [1.165, 1.54) is 17.8 Å². The molecule has 4 heteroatoms. The summed E-state index contributed by atoms with van der Waals surface area (Å²) < 4.78 is 5.51. The quantitative estimate of drug-likeness (QED) is 0.778. The third kappa shape index (κ3) is 3.04. The van der Waals surface area contributed by atoms with Gasteiger partial charge in [0.1, 0.15) is 23.5 Å². The van der Waals surface area contributed by atoms with Crippen LogP contribution in [0, 0.1) is 22.7 Å². The van der Waals surface area contributed by atoms with Crippen LogP contribution in [0.3, 0.4) is 0 Å². The Morgan fingerprint density at radius 2 is 1.78 bits per heavy atom. The maximum absolute atomic E-state index is 8.64. The largest absolute Gasteiger partial charge is 0.450 e. The van der Waals surface area contributed by atoms with Crippen molar-refractivity contribution in [2.75, 3.05) is 0 Å². The summed E-state index contributed by atoms with van der Waals surface area (Å²) in [6.07, 6.45) is 1.43. The molecule has 0 unspecified atom stereocenters. The lowest BCUT2D eigenvalue weighted by Crippen LogP contribution is -1.71. The molecule has 0 aliphatic carbocycles. The van der Waals surface area contributed by atoms with E-state index in [4.69, 9.17) is 14.9 Å². The molecule has 1 heterocycles. The lowest BCUT2D eigenvalue weighted by molar-refractivity contribution is 0.466. The number of nitriles is 2. The molecule has 0 amide bonds. The fourth-order valence-electron chi connectivity index (χ4n) is 1.30. The molecule has 0 atom stereocenters. The number of hydrogen-bond acceptors (Lipinski definition) is 4. The number of hydrogen-bond donors (Lipinski definition) is 0. The number of rotatable bonds is 3. The van der Waals surface area contributed by atoms with Crippen molar-refractivity contribution >= 4 is 17.8 Å². The van der Waals surface area contributed by atoms with Crippen LogP contribution in [0.15, 0.2) is 62.4 Å². The number of benzene rings is 1. The van der Waals surface area contributed by atoms with E-state index in [0.29, 0.717) is 5.76 Å². The minimum atomic E-state index is 0.0283. The lowest BCUT2D eigenvalue weighted by atomic mass is 10.3. The van der Waals surface area contributed by atoms with Crippen molar-refractivity contribution in [1.82, 2.24) is 0 Å². The summed E-state index contributed by atoms with van der Waals surface area (Å²) in [5.41, 5.74) is 0.0283. The predicted octanol–water partition coefficient (Wildman–Crippen LogP) is 3.86. The zero-order chi connectivity index (χ0) is 12.8. The van der Waals surface area contributed by atoms with E-state index in [-0.39, 0.29) is 5.57 Å². The van der Waals surface area contributed by atoms with Crippen LogP contribution >= 0.6 is 11.8 Å². The number of nitrogens with zero attached hydrogens (tertiary/aromatic N) is 2. The van der Waals surface area contributed by atoms with Crippen molar-refractivity contribution in [3.05, 3.63) is 53.8 Å². The standard InChI is InChI=1S/C14H8N2OS/c15-9-11(10-16)8-12-6-7-14(17-12)18-13-4-2-1-3-5-13/h1-8H. The molecule has 2 aromatic rings. The Morgan fingerprint density at radius 1 is 1.06 bits per heavy atom. The summed E-state index contributed by atoms with van der Waals surface area (Å²) in [5.74, 6) is 0.506. The van der Waals surface area contributed by atoms with Crippen LogP contribution < -0.4 is 0 Å². The van der Waals surface area contributed by atoms with Gasteiger partial charge in [-0.05, 0) is 24.3 Å². The van der Waals surface area contributed by atoms with E-state index in [2.05, 4.69) is 0 Å². The highest BCUT2D eigenvalue weighted by molar-refractivity contribution is 7.99. The summed E-state index contributed by atoms with van der Waals surface area (Å²) in [4.78, 5) is 1.07. The van der Waals surface area contributed by atoms with Gasteiger partial charge in [-0.15, -0.1) is 0 Å². The Labute approximate surface area is 109 Å². The molecular weight excluding hydrogens is 244 g/mol. The van der Waals surface area contributed by atoms with Gasteiger partial charge in [0.05, 0.1) is 0 Å². The zero-order valence-corrected chi connectivity index (χ0v) is 10.1. The zero-order valence-electron chi connectivity index (χ0n) is 9.33. The Balaban J connectivity index is 2.15. The first-order valence-electron chi connectivity index (χ1n) is 5.16. The van der Waals surface area contributed by atoms with Crippen LogP contribution in [-0.2, 0) is 0 Å². The Kier molecular flexibility index (Phi) is 3.86. The molecule has 18 heavy (non-hydrogen) atoms. The topological polar surface area (TPSA) is 60.7 Å². The van der Waals surface area contributed by atoms with Gasteiger partial charge in [0, 0.05) is 11.0 Å². The maximum atomic E-state index is 8.64. The second kappa shape index (κ2) is 5.77. The van der Waals surface area contributed by atoms with Crippen molar-refractivity contribution in [3.63, 3.8) is 0 Å². The van der Waals surface area contributed by atoms with Crippen LogP contribution in [0.5, 0.6) is 0 Å². The molecule has 1 aromatic heterocycles. The van der Waals surface area contributed by atoms with E-state index in [9.17, 15) is 0 Å². The smallest absolute Gasteiger partial charge is 0.165 e. The summed E-state index contributed by atoms with van der Waals surface area (Å²) in [7, 11) is 0. The Bertz CT molecular complexity index is 628. The van der Waals surface area contributed by atoms with Crippen molar-refractivity contribution in [2.45, 2.75) is 9.99 Å². The predicted molar refractivity (Wildman–Crippen MR) is 68.5 cm³/mol. The molecule has 3 nitrogen and oxygen atoms in total. The van der Waals surface area contributed by atoms with Crippen LogP contribution in [0.4, 0.5) is 0 Å². The molecule has 0 saturated heterocycles. The molecule has 0 saturated carbocycles. The minimum Gasteiger partial charge on any atom is -0.450 e. The summed E-state index contributed by atoms with van der Waals surface area (Å²) in [6.45, 7) is 0.